The summed E-state index contributed by atoms with van der Waals surface area (Å²) >= 11 is 0. The van der Waals surface area contributed by atoms with Gasteiger partial charge in [-0.3, -0.25) is 4.79 Å². The van der Waals surface area contributed by atoms with E-state index in [2.05, 4.69) is 0 Å². The van der Waals surface area contributed by atoms with Crippen molar-refractivity contribution >= 4 is 15.8 Å². The molecule has 0 spiro atoms. The maximum absolute atomic E-state index is 12.4. The minimum atomic E-state index is -3.51. The quantitative estimate of drug-likeness (QED) is 0.649. The molecule has 0 aliphatic carbocycles. The van der Waals surface area contributed by atoms with E-state index < -0.39 is 21.2 Å². The normalized spacial score (nSPS) is 23.4. The summed E-state index contributed by atoms with van der Waals surface area (Å²) < 4.78 is 40.8. The maximum Gasteiger partial charge on any atom is 0.310 e. The number of carboxylic acid groups (broad SMARTS) is 1. The lowest BCUT2D eigenvalue weighted by atomic mass is 9.80. The van der Waals surface area contributed by atoms with E-state index in [1.54, 1.807) is 38.3 Å². The van der Waals surface area contributed by atoms with Crippen LogP contribution in [0, 0.1) is 5.41 Å². The molecule has 2 unspecified atom stereocenters. The highest BCUT2D eigenvalue weighted by Gasteiger charge is 2.45. The van der Waals surface area contributed by atoms with Crippen LogP contribution in [0.5, 0.6) is 11.5 Å². The number of carboxylic acids is 1. The van der Waals surface area contributed by atoms with Crippen molar-refractivity contribution in [2.45, 2.75) is 32.3 Å². The average Bonchev–Trinajstić information content (AvgIpc) is 2.59. The minimum Gasteiger partial charge on any atom is -0.497 e. The van der Waals surface area contributed by atoms with Crippen LogP contribution < -0.4 is 9.47 Å². The minimum absolute atomic E-state index is 0.104. The first-order valence-electron chi connectivity index (χ1n) is 8.59. The maximum atomic E-state index is 12.4. The van der Waals surface area contributed by atoms with E-state index in [4.69, 9.17) is 14.2 Å². The number of carbonyl (C=O) groups is 1. The molecule has 0 saturated carbocycles. The number of hydrogen-bond acceptors (Lipinski definition) is 6. The van der Waals surface area contributed by atoms with Crippen molar-refractivity contribution in [2.75, 3.05) is 31.8 Å². The molecule has 2 atom stereocenters. The zero-order valence-corrected chi connectivity index (χ0v) is 16.0. The van der Waals surface area contributed by atoms with Gasteiger partial charge in [-0.25, -0.2) is 8.42 Å². The summed E-state index contributed by atoms with van der Waals surface area (Å²) in [4.78, 5) is 11.7. The molecule has 146 valence electrons. The predicted octanol–water partition coefficient (Wildman–Crippen LogP) is 2.15. The van der Waals surface area contributed by atoms with Crippen molar-refractivity contribution < 1.29 is 32.5 Å². The second-order valence-electron chi connectivity index (χ2n) is 6.69. The Morgan fingerprint density at radius 1 is 1.31 bits per heavy atom. The highest BCUT2D eigenvalue weighted by atomic mass is 32.2. The summed E-state index contributed by atoms with van der Waals surface area (Å²) in [7, 11) is -1.94. The third-order valence-corrected chi connectivity index (χ3v) is 6.44. The van der Waals surface area contributed by atoms with Gasteiger partial charge in [0.15, 0.2) is 9.84 Å². The van der Waals surface area contributed by atoms with E-state index in [0.717, 1.165) is 0 Å². The van der Waals surface area contributed by atoms with E-state index in [0.29, 0.717) is 17.9 Å². The summed E-state index contributed by atoms with van der Waals surface area (Å²) in [5.74, 6) is -0.183. The molecule has 2 rings (SSSR count). The highest BCUT2D eigenvalue weighted by Crippen LogP contribution is 2.35. The van der Waals surface area contributed by atoms with Gasteiger partial charge >= 0.3 is 5.97 Å². The van der Waals surface area contributed by atoms with Gasteiger partial charge in [0, 0.05) is 6.61 Å². The lowest BCUT2D eigenvalue weighted by Crippen LogP contribution is -2.45. The number of hydrogen-bond donors (Lipinski definition) is 1. The van der Waals surface area contributed by atoms with Crippen molar-refractivity contribution in [3.63, 3.8) is 0 Å². The Hall–Kier alpha value is -1.80. The van der Waals surface area contributed by atoms with Crippen molar-refractivity contribution in [1.29, 1.82) is 0 Å². The van der Waals surface area contributed by atoms with Gasteiger partial charge in [0.1, 0.15) is 11.5 Å². The molecule has 0 aromatic heterocycles. The number of sulfone groups is 1. The predicted molar refractivity (Wildman–Crippen MR) is 96.5 cm³/mol. The van der Waals surface area contributed by atoms with Gasteiger partial charge in [0.05, 0.1) is 36.7 Å². The summed E-state index contributed by atoms with van der Waals surface area (Å²) in [6, 6.07) is 7.01. The first-order valence-corrected chi connectivity index (χ1v) is 10.4. The molecule has 1 fully saturated rings. The Bertz CT molecular complexity index is 699. The standard InChI is InChI=1S/C18H26O7S/c1-14-12-18(17(19)20,8-10-24-14)13-26(21,22)11-3-9-25-16-6-4-15(23-2)5-7-16/h4-7,14H,3,8-13H2,1-2H3,(H,19,20). The number of aliphatic carboxylic acids is 1. The SMILES string of the molecule is COc1ccc(OCCCS(=O)(=O)CC2(C(=O)O)CCOC(C)C2)cc1. The number of rotatable bonds is 9. The van der Waals surface area contributed by atoms with Crippen LogP contribution in [0.3, 0.4) is 0 Å². The van der Waals surface area contributed by atoms with Crippen LogP contribution >= 0.6 is 0 Å². The van der Waals surface area contributed by atoms with Crippen molar-refractivity contribution in [3.8, 4) is 11.5 Å². The Labute approximate surface area is 154 Å². The second kappa shape index (κ2) is 8.73. The molecule has 1 aromatic rings. The molecule has 1 aliphatic heterocycles. The highest BCUT2D eigenvalue weighted by molar-refractivity contribution is 7.91. The Morgan fingerprint density at radius 2 is 1.96 bits per heavy atom. The van der Waals surface area contributed by atoms with Crippen LogP contribution in [-0.2, 0) is 19.4 Å². The monoisotopic (exact) mass is 386 g/mol. The third kappa shape index (κ3) is 5.60. The molecule has 1 heterocycles. The molecule has 1 aromatic carbocycles. The Morgan fingerprint density at radius 3 is 2.54 bits per heavy atom. The first kappa shape index (κ1) is 20.5. The Kier molecular flexibility index (Phi) is 6.88. The van der Waals surface area contributed by atoms with Gasteiger partial charge < -0.3 is 19.3 Å². The van der Waals surface area contributed by atoms with Crippen LogP contribution in [0.4, 0.5) is 0 Å². The molecule has 0 bridgehead atoms. The van der Waals surface area contributed by atoms with E-state index in [9.17, 15) is 18.3 Å². The van der Waals surface area contributed by atoms with Gasteiger partial charge in [0.2, 0.25) is 0 Å². The number of ether oxygens (including phenoxy) is 3. The molecular formula is C18H26O7S. The van der Waals surface area contributed by atoms with Crippen LogP contribution in [0.15, 0.2) is 24.3 Å². The van der Waals surface area contributed by atoms with Crippen LogP contribution in [0.1, 0.15) is 26.2 Å². The van der Waals surface area contributed by atoms with Crippen LogP contribution in [0.25, 0.3) is 0 Å². The van der Waals surface area contributed by atoms with Gasteiger partial charge in [-0.2, -0.15) is 0 Å². The van der Waals surface area contributed by atoms with Gasteiger partial charge in [-0.1, -0.05) is 0 Å². The zero-order chi connectivity index (χ0) is 19.2. The molecule has 1 aliphatic rings. The van der Waals surface area contributed by atoms with E-state index in [-0.39, 0.29) is 43.7 Å². The topological polar surface area (TPSA) is 99.1 Å². The van der Waals surface area contributed by atoms with Gasteiger partial charge in [0.25, 0.3) is 0 Å². The fraction of sp³-hybridized carbons (Fsp3) is 0.611. The summed E-state index contributed by atoms with van der Waals surface area (Å²) in [5.41, 5.74) is -1.26. The van der Waals surface area contributed by atoms with E-state index in [1.807, 2.05) is 0 Å². The number of methoxy groups -OCH3 is 1. The Balaban J connectivity index is 1.86. The molecule has 0 amide bonds. The van der Waals surface area contributed by atoms with Gasteiger partial charge in [-0.15, -0.1) is 0 Å². The van der Waals surface area contributed by atoms with Gasteiger partial charge in [-0.05, 0) is 50.5 Å². The van der Waals surface area contributed by atoms with Crippen molar-refractivity contribution in [3.05, 3.63) is 24.3 Å². The van der Waals surface area contributed by atoms with E-state index in [1.165, 1.54) is 0 Å². The fourth-order valence-corrected chi connectivity index (χ4v) is 5.12. The molecule has 1 saturated heterocycles. The van der Waals surface area contributed by atoms with Crippen molar-refractivity contribution in [2.24, 2.45) is 5.41 Å². The fourth-order valence-electron chi connectivity index (χ4n) is 3.19. The lowest BCUT2D eigenvalue weighted by molar-refractivity contribution is -0.155. The molecule has 8 heteroatoms. The van der Waals surface area contributed by atoms with Crippen LogP contribution in [0.2, 0.25) is 0 Å². The summed E-state index contributed by atoms with van der Waals surface area (Å²) in [6.45, 7) is 2.28. The molecule has 0 radical (unpaired) electrons. The van der Waals surface area contributed by atoms with Crippen molar-refractivity contribution in [1.82, 2.24) is 0 Å². The molecule has 7 nitrogen and oxygen atoms in total. The first-order chi connectivity index (χ1) is 12.3. The average molecular weight is 386 g/mol. The summed E-state index contributed by atoms with van der Waals surface area (Å²) in [6.07, 6.45) is 0.474. The molecular weight excluding hydrogens is 360 g/mol. The molecule has 26 heavy (non-hydrogen) atoms. The number of benzene rings is 1. The largest absolute Gasteiger partial charge is 0.497 e. The zero-order valence-electron chi connectivity index (χ0n) is 15.1. The van der Waals surface area contributed by atoms with Crippen LogP contribution in [-0.4, -0.2) is 57.4 Å². The summed E-state index contributed by atoms with van der Waals surface area (Å²) in [5, 5.41) is 9.58. The lowest BCUT2D eigenvalue weighted by Gasteiger charge is -2.36. The third-order valence-electron chi connectivity index (χ3n) is 4.54. The molecule has 1 N–H and O–H groups in total. The second-order valence-corrected chi connectivity index (χ2v) is 8.87. The van der Waals surface area contributed by atoms with E-state index >= 15 is 0 Å². The smallest absolute Gasteiger partial charge is 0.310 e.